The van der Waals surface area contributed by atoms with Crippen LogP contribution in [0.15, 0.2) is 35.5 Å². The van der Waals surface area contributed by atoms with E-state index in [9.17, 15) is 19.1 Å². The highest BCUT2D eigenvalue weighted by molar-refractivity contribution is 6.60. The molecule has 1 atom stereocenters. The molecule has 10 nitrogen and oxygen atoms in total. The molecule has 1 unspecified atom stereocenters. The first-order valence-electron chi connectivity index (χ1n) is 13.0. The third-order valence-corrected chi connectivity index (χ3v) is 7.40. The molecule has 6 rings (SSSR count). The maximum Gasteiger partial charge on any atom is 0.341 e. The highest BCUT2D eigenvalue weighted by atomic mass is 19.2. The van der Waals surface area contributed by atoms with Gasteiger partial charge < -0.3 is 30.2 Å². The van der Waals surface area contributed by atoms with Gasteiger partial charge >= 0.3 is 5.97 Å². The van der Waals surface area contributed by atoms with Crippen molar-refractivity contribution >= 4 is 73.9 Å². The van der Waals surface area contributed by atoms with Crippen LogP contribution in [0.3, 0.4) is 0 Å². The first-order valence-corrected chi connectivity index (χ1v) is 13.0. The van der Waals surface area contributed by atoms with E-state index < -0.39 is 28.3 Å². The number of carboxylic acids is 1. The van der Waals surface area contributed by atoms with Crippen LogP contribution in [0.25, 0.3) is 44.1 Å². The Kier molecular flexibility index (Phi) is 6.52. The summed E-state index contributed by atoms with van der Waals surface area (Å²) in [5, 5.41) is 13.9. The average molecular weight is 563 g/mol. The van der Waals surface area contributed by atoms with Gasteiger partial charge in [0, 0.05) is 62.5 Å². The standard InChI is InChI=1S/C27H22B3F2N7O3/c1-38(2)22-14(9-34-24-19(22)18-20(32)16(31)6-17(21(18)36-24)37-27(28,29)30)11-5-13-23(40)15(26(41)42)10-39(25(13)35-7-11)12-3-4-33-8-12/h5-7,9-10,12,33,37H,3-4,8H2,1-2H3,(H,34,36)(H,41,42). The van der Waals surface area contributed by atoms with Gasteiger partial charge in [-0.05, 0) is 19.0 Å². The Labute approximate surface area is 241 Å². The lowest BCUT2D eigenvalue weighted by Gasteiger charge is -2.24. The number of anilines is 2. The molecule has 1 fully saturated rings. The van der Waals surface area contributed by atoms with Crippen molar-refractivity contribution in [3.63, 3.8) is 0 Å². The minimum atomic E-state index is -1.93. The van der Waals surface area contributed by atoms with Crippen molar-refractivity contribution in [1.29, 1.82) is 0 Å². The van der Waals surface area contributed by atoms with E-state index in [-0.39, 0.29) is 44.6 Å². The van der Waals surface area contributed by atoms with Crippen LogP contribution in [0, 0.1) is 11.6 Å². The fraction of sp³-hybridized carbons (Fsp3) is 0.259. The van der Waals surface area contributed by atoms with Gasteiger partial charge in [0.2, 0.25) is 5.43 Å². The minimum Gasteiger partial charge on any atom is -0.477 e. The molecule has 4 N–H and O–H groups in total. The number of benzene rings is 1. The van der Waals surface area contributed by atoms with Crippen LogP contribution in [0.5, 0.6) is 0 Å². The van der Waals surface area contributed by atoms with E-state index in [0.717, 1.165) is 19.0 Å². The highest BCUT2D eigenvalue weighted by Crippen LogP contribution is 2.43. The van der Waals surface area contributed by atoms with Crippen LogP contribution in [0.1, 0.15) is 22.8 Å². The fourth-order valence-electron chi connectivity index (χ4n) is 5.64. The molecule has 0 aliphatic carbocycles. The molecule has 0 bridgehead atoms. The summed E-state index contributed by atoms with van der Waals surface area (Å²) in [5.74, 6) is -3.64. The lowest BCUT2D eigenvalue weighted by Crippen LogP contribution is -2.39. The Hall–Kier alpha value is -4.39. The summed E-state index contributed by atoms with van der Waals surface area (Å²) >= 11 is 0. The fourth-order valence-corrected chi connectivity index (χ4v) is 5.64. The number of fused-ring (bicyclic) bond motifs is 4. The Bertz CT molecular complexity index is 1980. The monoisotopic (exact) mass is 563 g/mol. The molecule has 5 aromatic rings. The molecule has 0 amide bonds. The molecular weight excluding hydrogens is 541 g/mol. The number of carboxylic acid groups (broad SMARTS) is 1. The minimum absolute atomic E-state index is 0.0242. The van der Waals surface area contributed by atoms with Gasteiger partial charge in [-0.25, -0.2) is 23.5 Å². The van der Waals surface area contributed by atoms with Gasteiger partial charge in [0.15, 0.2) is 11.6 Å². The second-order valence-electron chi connectivity index (χ2n) is 10.6. The number of hydrogen-bond donors (Lipinski definition) is 4. The van der Waals surface area contributed by atoms with Crippen molar-refractivity contribution in [2.24, 2.45) is 0 Å². The molecule has 5 heterocycles. The van der Waals surface area contributed by atoms with Crippen LogP contribution in [0.2, 0.25) is 0 Å². The molecule has 0 spiro atoms. The quantitative estimate of drug-likeness (QED) is 0.232. The number of nitrogens with zero attached hydrogens (tertiary/aromatic N) is 4. The second kappa shape index (κ2) is 9.86. The number of halogens is 2. The molecular formula is C27H22B3F2N7O3. The van der Waals surface area contributed by atoms with Crippen LogP contribution in [-0.2, 0) is 0 Å². The van der Waals surface area contributed by atoms with Gasteiger partial charge in [0.1, 0.15) is 16.9 Å². The zero-order valence-electron chi connectivity index (χ0n) is 22.6. The molecule has 206 valence electrons. The number of hydrogen-bond acceptors (Lipinski definition) is 7. The van der Waals surface area contributed by atoms with Gasteiger partial charge in [-0.2, -0.15) is 0 Å². The zero-order valence-corrected chi connectivity index (χ0v) is 22.6. The van der Waals surface area contributed by atoms with Crippen molar-refractivity contribution in [1.82, 2.24) is 24.8 Å². The van der Waals surface area contributed by atoms with Crippen molar-refractivity contribution in [3.05, 3.63) is 58.1 Å². The maximum absolute atomic E-state index is 15.4. The van der Waals surface area contributed by atoms with Crippen molar-refractivity contribution in [2.45, 2.75) is 17.7 Å². The lowest BCUT2D eigenvalue weighted by molar-refractivity contribution is 0.0694. The number of aromatic carboxylic acids is 1. The number of aromatic amines is 1. The maximum atomic E-state index is 15.4. The molecule has 42 heavy (non-hydrogen) atoms. The Morgan fingerprint density at radius 1 is 1.19 bits per heavy atom. The molecule has 1 saturated heterocycles. The molecule has 4 aromatic heterocycles. The number of nitrogens with one attached hydrogen (secondary N) is 3. The summed E-state index contributed by atoms with van der Waals surface area (Å²) in [6.07, 6.45) is 5.13. The molecule has 15 heteroatoms. The largest absolute Gasteiger partial charge is 0.477 e. The molecule has 1 aromatic carbocycles. The Morgan fingerprint density at radius 2 is 1.95 bits per heavy atom. The first kappa shape index (κ1) is 27.8. The van der Waals surface area contributed by atoms with E-state index in [1.54, 1.807) is 35.8 Å². The van der Waals surface area contributed by atoms with E-state index >= 15 is 4.39 Å². The number of aromatic nitrogens is 4. The van der Waals surface area contributed by atoms with E-state index in [2.05, 4.69) is 25.6 Å². The number of rotatable bonds is 6. The second-order valence-corrected chi connectivity index (χ2v) is 10.6. The molecule has 0 saturated carbocycles. The van der Waals surface area contributed by atoms with Gasteiger partial charge in [0.25, 0.3) is 0 Å². The van der Waals surface area contributed by atoms with Gasteiger partial charge in [0.05, 0.1) is 56.6 Å². The van der Waals surface area contributed by atoms with E-state index in [4.69, 9.17) is 23.5 Å². The first-order chi connectivity index (χ1) is 19.9. The number of carbonyl (C=O) groups is 1. The number of H-pyrrole nitrogens is 1. The predicted octanol–water partition coefficient (Wildman–Crippen LogP) is 2.20. The number of pyridine rings is 3. The summed E-state index contributed by atoms with van der Waals surface area (Å²) in [7, 11) is 20.5. The van der Waals surface area contributed by atoms with E-state index in [1.165, 1.54) is 12.4 Å². The van der Waals surface area contributed by atoms with E-state index in [0.29, 0.717) is 29.0 Å². The van der Waals surface area contributed by atoms with Crippen molar-refractivity contribution in [3.8, 4) is 11.1 Å². The van der Waals surface area contributed by atoms with Crippen molar-refractivity contribution < 1.29 is 18.7 Å². The predicted molar refractivity (Wildman–Crippen MR) is 160 cm³/mol. The van der Waals surface area contributed by atoms with Gasteiger partial charge in [-0.1, -0.05) is 5.24 Å². The van der Waals surface area contributed by atoms with Gasteiger partial charge in [-0.15, -0.1) is 0 Å². The van der Waals surface area contributed by atoms with Gasteiger partial charge in [-0.3, -0.25) is 4.79 Å². The van der Waals surface area contributed by atoms with E-state index in [1.807, 2.05) is 0 Å². The van der Waals surface area contributed by atoms with Crippen LogP contribution in [0.4, 0.5) is 20.2 Å². The summed E-state index contributed by atoms with van der Waals surface area (Å²) in [4.78, 5) is 39.0. The van der Waals surface area contributed by atoms with Crippen molar-refractivity contribution in [2.75, 3.05) is 37.4 Å². The Balaban J connectivity index is 1.65. The third kappa shape index (κ3) is 4.48. The summed E-state index contributed by atoms with van der Waals surface area (Å²) in [6, 6.07) is 2.36. The average Bonchev–Trinajstić information content (AvgIpc) is 3.59. The third-order valence-electron chi connectivity index (χ3n) is 7.40. The topological polar surface area (TPSA) is 128 Å². The molecule has 6 radical (unpaired) electrons. The molecule has 1 aliphatic rings. The van der Waals surface area contributed by atoms with Crippen LogP contribution < -0.4 is 21.0 Å². The highest BCUT2D eigenvalue weighted by Gasteiger charge is 2.26. The normalized spacial score (nSPS) is 15.6. The van der Waals surface area contributed by atoms with Crippen LogP contribution >= 0.6 is 0 Å². The summed E-state index contributed by atoms with van der Waals surface area (Å²) in [6.45, 7) is 1.35. The van der Waals surface area contributed by atoms with Crippen LogP contribution in [-0.4, -0.2) is 86.6 Å². The smallest absolute Gasteiger partial charge is 0.341 e. The SMILES string of the molecule is [B]C([B])([B])Nc1cc(F)c(F)c2c1[nH]c1ncc(-c3cnc4c(c3)c(=O)c(C(=O)O)cn4C3CCNC3)c(N(C)C)c12. The lowest BCUT2D eigenvalue weighted by atomic mass is 9.49. The summed E-state index contributed by atoms with van der Waals surface area (Å²) in [5.41, 5.74) is 0.990. The molecule has 1 aliphatic heterocycles. The zero-order chi connectivity index (χ0) is 30.1. The Morgan fingerprint density at radius 3 is 2.60 bits per heavy atom. The summed E-state index contributed by atoms with van der Waals surface area (Å²) < 4.78 is 32.0.